The quantitative estimate of drug-likeness (QED) is 0.898. The highest BCUT2D eigenvalue weighted by Crippen LogP contribution is 2.22. The third-order valence-electron chi connectivity index (χ3n) is 3.52. The Morgan fingerprint density at radius 1 is 1.55 bits per heavy atom. The topological polar surface area (TPSA) is 74.7 Å². The van der Waals surface area contributed by atoms with Crippen LogP contribution in [0.4, 0.5) is 10.6 Å². The van der Waals surface area contributed by atoms with Crippen LogP contribution >= 0.6 is 0 Å². The standard InChI is InChI=1S/C16H25N3O3/c1-16(2,3)22-15(21)19-9-5-6-12(11-19)10-18-14-13(20)7-4-8-17-14/h4,7-8,12,20H,5-6,9-11H2,1-3H3,(H,17,18). The zero-order chi connectivity index (χ0) is 16.2. The number of ether oxygens (including phenoxy) is 1. The van der Waals surface area contributed by atoms with E-state index >= 15 is 0 Å². The molecule has 22 heavy (non-hydrogen) atoms. The number of hydrogen-bond donors (Lipinski definition) is 2. The molecule has 0 radical (unpaired) electrons. The number of aromatic nitrogens is 1. The smallest absolute Gasteiger partial charge is 0.410 e. The summed E-state index contributed by atoms with van der Waals surface area (Å²) in [4.78, 5) is 18.0. The molecule has 2 heterocycles. The molecule has 2 rings (SSSR count). The summed E-state index contributed by atoms with van der Waals surface area (Å²) < 4.78 is 5.42. The number of piperidine rings is 1. The van der Waals surface area contributed by atoms with Crippen molar-refractivity contribution < 1.29 is 14.6 Å². The number of rotatable bonds is 3. The summed E-state index contributed by atoms with van der Waals surface area (Å²) in [6.45, 7) is 7.69. The fraction of sp³-hybridized carbons (Fsp3) is 0.625. The molecule has 0 spiro atoms. The van der Waals surface area contributed by atoms with Gasteiger partial charge in [-0.05, 0) is 51.7 Å². The molecule has 1 aliphatic rings. The predicted molar refractivity (Wildman–Crippen MR) is 84.9 cm³/mol. The highest BCUT2D eigenvalue weighted by atomic mass is 16.6. The van der Waals surface area contributed by atoms with Crippen LogP contribution in [0, 0.1) is 5.92 Å². The minimum Gasteiger partial charge on any atom is -0.504 e. The van der Waals surface area contributed by atoms with Crippen molar-refractivity contribution in [1.29, 1.82) is 0 Å². The first-order chi connectivity index (χ1) is 10.3. The normalized spacial score (nSPS) is 18.9. The highest BCUT2D eigenvalue weighted by molar-refractivity contribution is 5.68. The van der Waals surface area contributed by atoms with Gasteiger partial charge in [-0.2, -0.15) is 0 Å². The maximum atomic E-state index is 12.1. The number of amides is 1. The lowest BCUT2D eigenvalue weighted by molar-refractivity contribution is 0.0172. The molecule has 6 heteroatoms. The van der Waals surface area contributed by atoms with Gasteiger partial charge in [0.25, 0.3) is 0 Å². The Balaban J connectivity index is 1.86. The summed E-state index contributed by atoms with van der Waals surface area (Å²) >= 11 is 0. The molecule has 0 saturated carbocycles. The fourth-order valence-corrected chi connectivity index (χ4v) is 2.50. The number of pyridine rings is 1. The number of nitrogens with zero attached hydrogens (tertiary/aromatic N) is 2. The lowest BCUT2D eigenvalue weighted by Gasteiger charge is -2.34. The maximum Gasteiger partial charge on any atom is 0.410 e. The number of nitrogens with one attached hydrogen (secondary N) is 1. The van der Waals surface area contributed by atoms with Crippen molar-refractivity contribution >= 4 is 11.9 Å². The van der Waals surface area contributed by atoms with E-state index in [1.807, 2.05) is 20.8 Å². The number of likely N-dealkylation sites (tertiary alicyclic amines) is 1. The van der Waals surface area contributed by atoms with E-state index in [-0.39, 0.29) is 11.8 Å². The Hall–Kier alpha value is -1.98. The van der Waals surface area contributed by atoms with Crippen LogP contribution in [0.25, 0.3) is 0 Å². The molecular weight excluding hydrogens is 282 g/mol. The number of carbonyl (C=O) groups is 1. The Morgan fingerprint density at radius 3 is 3.00 bits per heavy atom. The number of hydrogen-bond acceptors (Lipinski definition) is 5. The summed E-state index contributed by atoms with van der Waals surface area (Å²) in [5, 5.41) is 12.8. The Kier molecular flexibility index (Phi) is 5.11. The molecule has 1 unspecified atom stereocenters. The summed E-state index contributed by atoms with van der Waals surface area (Å²) in [6.07, 6.45) is 3.38. The second-order valence-electron chi connectivity index (χ2n) is 6.69. The molecule has 122 valence electrons. The molecule has 0 aliphatic carbocycles. The summed E-state index contributed by atoms with van der Waals surface area (Å²) in [5.41, 5.74) is -0.470. The van der Waals surface area contributed by atoms with Crippen molar-refractivity contribution in [1.82, 2.24) is 9.88 Å². The largest absolute Gasteiger partial charge is 0.504 e. The lowest BCUT2D eigenvalue weighted by atomic mass is 9.98. The second-order valence-corrected chi connectivity index (χ2v) is 6.69. The van der Waals surface area contributed by atoms with Crippen molar-refractivity contribution in [2.75, 3.05) is 25.0 Å². The Morgan fingerprint density at radius 2 is 2.32 bits per heavy atom. The molecule has 6 nitrogen and oxygen atoms in total. The van der Waals surface area contributed by atoms with Crippen LogP contribution in [-0.4, -0.2) is 46.3 Å². The molecule has 2 N–H and O–H groups in total. The minimum absolute atomic E-state index is 0.141. The van der Waals surface area contributed by atoms with Gasteiger partial charge in [-0.15, -0.1) is 0 Å². The highest BCUT2D eigenvalue weighted by Gasteiger charge is 2.27. The van der Waals surface area contributed by atoms with Gasteiger partial charge in [0.15, 0.2) is 11.6 Å². The second kappa shape index (κ2) is 6.85. The zero-order valence-electron chi connectivity index (χ0n) is 13.5. The number of anilines is 1. The monoisotopic (exact) mass is 307 g/mol. The summed E-state index contributed by atoms with van der Waals surface area (Å²) in [7, 11) is 0. The molecule has 1 amide bonds. The van der Waals surface area contributed by atoms with Gasteiger partial charge in [0.2, 0.25) is 0 Å². The van der Waals surface area contributed by atoms with E-state index in [1.165, 1.54) is 0 Å². The van der Waals surface area contributed by atoms with Gasteiger partial charge in [0.1, 0.15) is 5.60 Å². The SMILES string of the molecule is CC(C)(C)OC(=O)N1CCCC(CNc2ncccc2O)C1. The van der Waals surface area contributed by atoms with Crippen molar-refractivity contribution in [2.24, 2.45) is 5.92 Å². The molecule has 1 aromatic heterocycles. The third-order valence-corrected chi connectivity index (χ3v) is 3.52. The van der Waals surface area contributed by atoms with E-state index in [0.717, 1.165) is 19.4 Å². The molecule has 0 bridgehead atoms. The van der Waals surface area contributed by atoms with E-state index in [1.54, 1.807) is 23.2 Å². The fourth-order valence-electron chi connectivity index (χ4n) is 2.50. The first kappa shape index (κ1) is 16.4. The molecule has 1 saturated heterocycles. The van der Waals surface area contributed by atoms with Gasteiger partial charge in [0, 0.05) is 25.8 Å². The molecular formula is C16H25N3O3. The van der Waals surface area contributed by atoms with Crippen molar-refractivity contribution in [3.8, 4) is 5.75 Å². The van der Waals surface area contributed by atoms with Crippen LogP contribution in [0.15, 0.2) is 18.3 Å². The Labute approximate surface area is 131 Å². The average Bonchev–Trinajstić information content (AvgIpc) is 2.45. The average molecular weight is 307 g/mol. The van der Waals surface area contributed by atoms with E-state index < -0.39 is 5.60 Å². The van der Waals surface area contributed by atoms with Gasteiger partial charge >= 0.3 is 6.09 Å². The van der Waals surface area contributed by atoms with Crippen LogP contribution < -0.4 is 5.32 Å². The van der Waals surface area contributed by atoms with Gasteiger partial charge in [-0.3, -0.25) is 0 Å². The van der Waals surface area contributed by atoms with Crippen LogP contribution in [0.3, 0.4) is 0 Å². The van der Waals surface area contributed by atoms with Crippen LogP contribution in [0.2, 0.25) is 0 Å². The van der Waals surface area contributed by atoms with Crippen LogP contribution in [-0.2, 0) is 4.74 Å². The van der Waals surface area contributed by atoms with E-state index in [0.29, 0.717) is 24.8 Å². The van der Waals surface area contributed by atoms with E-state index in [9.17, 15) is 9.90 Å². The lowest BCUT2D eigenvalue weighted by Crippen LogP contribution is -2.44. The Bertz CT molecular complexity index is 514. The third kappa shape index (κ3) is 4.79. The minimum atomic E-state index is -0.470. The first-order valence-electron chi connectivity index (χ1n) is 7.71. The molecule has 0 aromatic carbocycles. The van der Waals surface area contributed by atoms with Gasteiger partial charge in [-0.1, -0.05) is 0 Å². The maximum absolute atomic E-state index is 12.1. The summed E-state index contributed by atoms with van der Waals surface area (Å²) in [6, 6.07) is 3.29. The zero-order valence-corrected chi connectivity index (χ0v) is 13.5. The van der Waals surface area contributed by atoms with Crippen molar-refractivity contribution in [3.63, 3.8) is 0 Å². The molecule has 1 fully saturated rings. The molecule has 1 aliphatic heterocycles. The first-order valence-corrected chi connectivity index (χ1v) is 7.71. The molecule has 1 atom stereocenters. The van der Waals surface area contributed by atoms with Crippen molar-refractivity contribution in [3.05, 3.63) is 18.3 Å². The number of carbonyl (C=O) groups excluding carboxylic acids is 1. The van der Waals surface area contributed by atoms with E-state index in [4.69, 9.17) is 4.74 Å². The molecule has 1 aromatic rings. The van der Waals surface area contributed by atoms with Gasteiger partial charge < -0.3 is 20.1 Å². The van der Waals surface area contributed by atoms with Crippen LogP contribution in [0.1, 0.15) is 33.6 Å². The van der Waals surface area contributed by atoms with Gasteiger partial charge in [-0.25, -0.2) is 9.78 Å². The predicted octanol–water partition coefficient (Wildman–Crippen LogP) is 2.85. The van der Waals surface area contributed by atoms with E-state index in [2.05, 4.69) is 10.3 Å². The number of aromatic hydroxyl groups is 1. The van der Waals surface area contributed by atoms with Gasteiger partial charge in [0.05, 0.1) is 0 Å². The summed E-state index contributed by atoms with van der Waals surface area (Å²) in [5.74, 6) is 0.946. The van der Waals surface area contributed by atoms with Crippen LogP contribution in [0.5, 0.6) is 5.75 Å². The van der Waals surface area contributed by atoms with Crippen molar-refractivity contribution in [2.45, 2.75) is 39.2 Å².